The Bertz CT molecular complexity index is 1060. The van der Waals surface area contributed by atoms with Crippen molar-refractivity contribution >= 4 is 39.1 Å². The van der Waals surface area contributed by atoms with Crippen LogP contribution >= 0.6 is 11.6 Å². The number of benzene rings is 2. The lowest BCUT2D eigenvalue weighted by Crippen LogP contribution is -2.50. The molecular formula is C26H36ClN3O4S. The Hall–Kier alpha value is -2.58. The van der Waals surface area contributed by atoms with Gasteiger partial charge in [-0.2, -0.15) is 0 Å². The first-order valence-corrected chi connectivity index (χ1v) is 14.2. The number of anilines is 1. The first kappa shape index (κ1) is 28.7. The second kappa shape index (κ2) is 13.5. The summed E-state index contributed by atoms with van der Waals surface area (Å²) >= 11 is 5.94. The van der Waals surface area contributed by atoms with Crippen molar-refractivity contribution in [2.24, 2.45) is 0 Å². The molecule has 0 saturated heterocycles. The molecule has 9 heteroatoms. The van der Waals surface area contributed by atoms with E-state index in [-0.39, 0.29) is 30.8 Å². The van der Waals surface area contributed by atoms with E-state index in [0.717, 1.165) is 18.2 Å². The monoisotopic (exact) mass is 521 g/mol. The quantitative estimate of drug-likeness (QED) is 0.417. The van der Waals surface area contributed by atoms with Crippen LogP contribution in [-0.4, -0.2) is 50.0 Å². The van der Waals surface area contributed by atoms with Gasteiger partial charge in [-0.05, 0) is 56.0 Å². The summed E-state index contributed by atoms with van der Waals surface area (Å²) in [5.41, 5.74) is 1.42. The molecule has 0 heterocycles. The minimum atomic E-state index is -3.55. The standard InChI is InChI=1S/C26H36ClN3O4S/c1-5-20(3)28-26(32)24(6-2)29(19-21-11-8-7-9-12-21)25(31)13-10-18-30(35(4,33)34)23-16-14-22(27)15-17-23/h7-9,11-12,14-17,20,24H,5-6,10,13,18-19H2,1-4H3,(H,28,32). The van der Waals surface area contributed by atoms with E-state index in [2.05, 4.69) is 5.32 Å². The summed E-state index contributed by atoms with van der Waals surface area (Å²) in [6.07, 6.45) is 2.82. The van der Waals surface area contributed by atoms with Crippen LogP contribution in [0.3, 0.4) is 0 Å². The van der Waals surface area contributed by atoms with Gasteiger partial charge in [0.25, 0.3) is 0 Å². The number of nitrogens with one attached hydrogen (secondary N) is 1. The zero-order valence-corrected chi connectivity index (χ0v) is 22.5. The highest BCUT2D eigenvalue weighted by atomic mass is 35.5. The number of hydrogen-bond acceptors (Lipinski definition) is 4. The SMILES string of the molecule is CCC(C)NC(=O)C(CC)N(Cc1ccccc1)C(=O)CCCN(c1ccc(Cl)cc1)S(C)(=O)=O. The van der Waals surface area contributed by atoms with Crippen molar-refractivity contribution in [2.45, 2.75) is 65.1 Å². The molecule has 0 bridgehead atoms. The largest absolute Gasteiger partial charge is 0.352 e. The van der Waals surface area contributed by atoms with Crippen LogP contribution in [0.2, 0.25) is 5.02 Å². The van der Waals surface area contributed by atoms with Crippen LogP contribution < -0.4 is 9.62 Å². The predicted octanol–water partition coefficient (Wildman–Crippen LogP) is 4.61. The summed E-state index contributed by atoms with van der Waals surface area (Å²) in [7, 11) is -3.55. The smallest absolute Gasteiger partial charge is 0.243 e. The van der Waals surface area contributed by atoms with Gasteiger partial charge in [-0.15, -0.1) is 0 Å². The summed E-state index contributed by atoms with van der Waals surface area (Å²) in [6.45, 7) is 6.26. The molecule has 0 aliphatic heterocycles. The van der Waals surface area contributed by atoms with Gasteiger partial charge in [-0.3, -0.25) is 13.9 Å². The Kier molecular flexibility index (Phi) is 11.0. The van der Waals surface area contributed by atoms with Gasteiger partial charge in [-0.25, -0.2) is 8.42 Å². The Labute approximate surface area is 214 Å². The van der Waals surface area contributed by atoms with Crippen LogP contribution in [0.4, 0.5) is 5.69 Å². The molecule has 0 aliphatic carbocycles. The minimum Gasteiger partial charge on any atom is -0.352 e. The van der Waals surface area contributed by atoms with Gasteiger partial charge in [0, 0.05) is 30.6 Å². The number of rotatable bonds is 13. The molecule has 0 saturated carbocycles. The van der Waals surface area contributed by atoms with Crippen molar-refractivity contribution in [3.05, 3.63) is 65.2 Å². The third-order valence-corrected chi connectivity index (χ3v) is 7.30. The molecule has 192 valence electrons. The zero-order valence-electron chi connectivity index (χ0n) is 20.9. The Morgan fingerprint density at radius 1 is 1.00 bits per heavy atom. The lowest BCUT2D eigenvalue weighted by molar-refractivity contribution is -0.141. The van der Waals surface area contributed by atoms with E-state index in [4.69, 9.17) is 11.6 Å². The van der Waals surface area contributed by atoms with Gasteiger partial charge < -0.3 is 10.2 Å². The van der Waals surface area contributed by atoms with Gasteiger partial charge in [0.1, 0.15) is 6.04 Å². The number of sulfonamides is 1. The lowest BCUT2D eigenvalue weighted by Gasteiger charge is -2.32. The van der Waals surface area contributed by atoms with Crippen LogP contribution in [0.1, 0.15) is 52.0 Å². The molecule has 2 aromatic rings. The first-order chi connectivity index (χ1) is 16.6. The van der Waals surface area contributed by atoms with Crippen LogP contribution in [0.15, 0.2) is 54.6 Å². The van der Waals surface area contributed by atoms with Crippen molar-refractivity contribution in [1.82, 2.24) is 10.2 Å². The van der Waals surface area contributed by atoms with Crippen LogP contribution in [-0.2, 0) is 26.2 Å². The average molecular weight is 522 g/mol. The number of amides is 2. The maximum Gasteiger partial charge on any atom is 0.243 e. The predicted molar refractivity (Wildman–Crippen MR) is 142 cm³/mol. The van der Waals surface area contributed by atoms with Crippen molar-refractivity contribution in [3.63, 3.8) is 0 Å². The number of halogens is 1. The maximum absolute atomic E-state index is 13.4. The third kappa shape index (κ3) is 8.85. The van der Waals surface area contributed by atoms with Gasteiger partial charge in [0.05, 0.1) is 11.9 Å². The molecule has 2 atom stereocenters. The molecule has 2 aromatic carbocycles. The normalized spacial score (nSPS) is 13.1. The van der Waals surface area contributed by atoms with Crippen molar-refractivity contribution < 1.29 is 18.0 Å². The molecule has 0 aliphatic rings. The molecule has 2 amide bonds. The molecule has 0 spiro atoms. The minimum absolute atomic E-state index is 0.00734. The summed E-state index contributed by atoms with van der Waals surface area (Å²) in [6, 6.07) is 15.5. The molecule has 2 rings (SSSR count). The topological polar surface area (TPSA) is 86.8 Å². The number of carbonyl (C=O) groups is 2. The zero-order chi connectivity index (χ0) is 26.0. The number of carbonyl (C=O) groups excluding carboxylic acids is 2. The van der Waals surface area contributed by atoms with E-state index in [1.807, 2.05) is 51.1 Å². The summed E-state index contributed by atoms with van der Waals surface area (Å²) in [5.74, 6) is -0.366. The molecule has 0 aromatic heterocycles. The van der Waals surface area contributed by atoms with E-state index >= 15 is 0 Å². The summed E-state index contributed by atoms with van der Waals surface area (Å²) in [4.78, 5) is 28.0. The third-order valence-electron chi connectivity index (χ3n) is 5.85. The lowest BCUT2D eigenvalue weighted by atomic mass is 10.1. The highest BCUT2D eigenvalue weighted by Crippen LogP contribution is 2.22. The van der Waals surface area contributed by atoms with Crippen LogP contribution in [0, 0.1) is 0 Å². The molecular weight excluding hydrogens is 486 g/mol. The highest BCUT2D eigenvalue weighted by Gasteiger charge is 2.29. The fraction of sp³-hybridized carbons (Fsp3) is 0.462. The Morgan fingerprint density at radius 2 is 1.63 bits per heavy atom. The van der Waals surface area contributed by atoms with Gasteiger partial charge in [0.15, 0.2) is 0 Å². The molecule has 2 unspecified atom stereocenters. The van der Waals surface area contributed by atoms with E-state index in [1.165, 1.54) is 4.31 Å². The Balaban J connectivity index is 2.18. The number of nitrogens with zero attached hydrogens (tertiary/aromatic N) is 2. The van der Waals surface area contributed by atoms with E-state index in [9.17, 15) is 18.0 Å². The van der Waals surface area contributed by atoms with Crippen molar-refractivity contribution in [2.75, 3.05) is 17.1 Å². The van der Waals surface area contributed by atoms with Gasteiger partial charge in [0.2, 0.25) is 21.8 Å². The molecule has 35 heavy (non-hydrogen) atoms. The van der Waals surface area contributed by atoms with E-state index < -0.39 is 16.1 Å². The summed E-state index contributed by atoms with van der Waals surface area (Å²) < 4.78 is 26.0. The van der Waals surface area contributed by atoms with Crippen molar-refractivity contribution in [1.29, 1.82) is 0 Å². The fourth-order valence-electron chi connectivity index (χ4n) is 3.75. The Morgan fingerprint density at radius 3 is 2.17 bits per heavy atom. The second-order valence-electron chi connectivity index (χ2n) is 8.66. The van der Waals surface area contributed by atoms with E-state index in [1.54, 1.807) is 29.2 Å². The average Bonchev–Trinajstić information content (AvgIpc) is 2.82. The second-order valence-corrected chi connectivity index (χ2v) is 11.0. The van der Waals surface area contributed by atoms with E-state index in [0.29, 0.717) is 30.1 Å². The van der Waals surface area contributed by atoms with Crippen LogP contribution in [0.5, 0.6) is 0 Å². The summed E-state index contributed by atoms with van der Waals surface area (Å²) in [5, 5.41) is 3.50. The maximum atomic E-state index is 13.4. The molecule has 0 radical (unpaired) electrons. The van der Waals surface area contributed by atoms with Gasteiger partial charge >= 0.3 is 0 Å². The fourth-order valence-corrected chi connectivity index (χ4v) is 4.84. The molecule has 7 nitrogen and oxygen atoms in total. The van der Waals surface area contributed by atoms with Crippen molar-refractivity contribution in [3.8, 4) is 0 Å². The van der Waals surface area contributed by atoms with Gasteiger partial charge in [-0.1, -0.05) is 55.8 Å². The first-order valence-electron chi connectivity index (χ1n) is 11.9. The molecule has 1 N–H and O–H groups in total. The van der Waals surface area contributed by atoms with Crippen LogP contribution in [0.25, 0.3) is 0 Å². The molecule has 0 fully saturated rings. The number of hydrogen-bond donors (Lipinski definition) is 1. The highest BCUT2D eigenvalue weighted by molar-refractivity contribution is 7.92.